The van der Waals surface area contributed by atoms with Crippen LogP contribution >= 0.6 is 34.4 Å². The summed E-state index contributed by atoms with van der Waals surface area (Å²) in [7, 11) is 0. The molecule has 2 aromatic carbocycles. The molecule has 0 aliphatic rings. The van der Waals surface area contributed by atoms with Gasteiger partial charge in [0.15, 0.2) is 0 Å². The molecular weight excluding hydrogens is 423 g/mol. The largest absolute Gasteiger partial charge is 0.326 e. The van der Waals surface area contributed by atoms with Crippen LogP contribution in [-0.4, -0.2) is 17.1 Å². The van der Waals surface area contributed by atoms with Crippen LogP contribution in [0.15, 0.2) is 53.4 Å². The van der Waals surface area contributed by atoms with Crippen molar-refractivity contribution in [2.24, 2.45) is 0 Å². The molecule has 0 spiro atoms. The molecule has 120 valence electrons. The van der Waals surface area contributed by atoms with Crippen LogP contribution in [0.1, 0.15) is 13.8 Å². The van der Waals surface area contributed by atoms with Crippen molar-refractivity contribution in [3.63, 3.8) is 0 Å². The zero-order chi connectivity index (χ0) is 16.8. The van der Waals surface area contributed by atoms with E-state index in [4.69, 9.17) is 0 Å². The van der Waals surface area contributed by atoms with Gasteiger partial charge in [0, 0.05) is 26.8 Å². The molecule has 0 aliphatic heterocycles. The van der Waals surface area contributed by atoms with Gasteiger partial charge < -0.3 is 10.6 Å². The van der Waals surface area contributed by atoms with Gasteiger partial charge in [-0.25, -0.2) is 0 Å². The molecule has 2 aromatic rings. The summed E-state index contributed by atoms with van der Waals surface area (Å²) >= 11 is 3.70. The predicted octanol–water partition coefficient (Wildman–Crippen LogP) is 4.37. The molecule has 0 saturated carbocycles. The van der Waals surface area contributed by atoms with Gasteiger partial charge in [0.2, 0.25) is 11.8 Å². The van der Waals surface area contributed by atoms with Crippen molar-refractivity contribution in [2.75, 3.05) is 10.6 Å². The highest BCUT2D eigenvalue weighted by molar-refractivity contribution is 14.1. The third-order valence-corrected chi connectivity index (χ3v) is 4.80. The second kappa shape index (κ2) is 8.35. The van der Waals surface area contributed by atoms with Crippen LogP contribution in [0.3, 0.4) is 0 Å². The van der Waals surface area contributed by atoms with Crippen molar-refractivity contribution < 1.29 is 9.59 Å². The van der Waals surface area contributed by atoms with Crippen molar-refractivity contribution in [1.29, 1.82) is 0 Å². The Morgan fingerprint density at radius 3 is 2.04 bits per heavy atom. The first-order chi connectivity index (χ1) is 10.9. The molecular formula is C17H17IN2O2S. The summed E-state index contributed by atoms with van der Waals surface area (Å²) in [5.41, 5.74) is 1.54. The fourth-order valence-electron chi connectivity index (χ4n) is 1.85. The molecule has 2 rings (SSSR count). The standard InChI is InChI=1S/C17H17IN2O2S/c1-11(17(22)20-15-5-3-13(18)4-6-15)23-16-9-7-14(8-10-16)19-12(2)21/h3-11H,1-2H3,(H,19,21)(H,20,22). The SMILES string of the molecule is CC(=O)Nc1ccc(SC(C)C(=O)Nc2ccc(I)cc2)cc1. The van der Waals surface area contributed by atoms with E-state index in [1.165, 1.54) is 18.7 Å². The molecule has 0 heterocycles. The Hall–Kier alpha value is -1.54. The molecule has 2 N–H and O–H groups in total. The van der Waals surface area contributed by atoms with E-state index >= 15 is 0 Å². The molecule has 6 heteroatoms. The Morgan fingerprint density at radius 1 is 0.957 bits per heavy atom. The van der Waals surface area contributed by atoms with Gasteiger partial charge in [0.1, 0.15) is 0 Å². The minimum atomic E-state index is -0.221. The summed E-state index contributed by atoms with van der Waals surface area (Å²) < 4.78 is 1.13. The Kier molecular flexibility index (Phi) is 6.47. The quantitative estimate of drug-likeness (QED) is 0.537. The average Bonchev–Trinajstić information content (AvgIpc) is 2.51. The first-order valence-corrected chi connectivity index (χ1v) is 9.00. The van der Waals surface area contributed by atoms with Crippen LogP contribution in [0.25, 0.3) is 0 Å². The second-order valence-electron chi connectivity index (χ2n) is 4.96. The monoisotopic (exact) mass is 440 g/mol. The number of benzene rings is 2. The Labute approximate surface area is 153 Å². The number of hydrogen-bond donors (Lipinski definition) is 2. The van der Waals surface area contributed by atoms with Crippen LogP contribution in [0.4, 0.5) is 11.4 Å². The Morgan fingerprint density at radius 2 is 1.48 bits per heavy atom. The topological polar surface area (TPSA) is 58.2 Å². The van der Waals surface area contributed by atoms with Gasteiger partial charge in [-0.3, -0.25) is 9.59 Å². The maximum Gasteiger partial charge on any atom is 0.237 e. The number of amides is 2. The number of halogens is 1. The van der Waals surface area contributed by atoms with E-state index in [1.807, 2.05) is 55.5 Å². The molecule has 0 fully saturated rings. The van der Waals surface area contributed by atoms with Crippen molar-refractivity contribution >= 4 is 57.5 Å². The van der Waals surface area contributed by atoms with Crippen LogP contribution < -0.4 is 10.6 Å². The molecule has 0 aliphatic carbocycles. The molecule has 2 amide bonds. The lowest BCUT2D eigenvalue weighted by molar-refractivity contribution is -0.115. The number of hydrogen-bond acceptors (Lipinski definition) is 3. The molecule has 4 nitrogen and oxygen atoms in total. The minimum Gasteiger partial charge on any atom is -0.326 e. The Bertz CT molecular complexity index is 687. The van der Waals surface area contributed by atoms with Crippen molar-refractivity contribution in [2.45, 2.75) is 24.0 Å². The van der Waals surface area contributed by atoms with E-state index in [9.17, 15) is 9.59 Å². The Balaban J connectivity index is 1.92. The number of anilines is 2. The smallest absolute Gasteiger partial charge is 0.237 e. The van der Waals surface area contributed by atoms with Crippen LogP contribution in [0.5, 0.6) is 0 Å². The second-order valence-corrected chi connectivity index (χ2v) is 7.62. The number of carbonyl (C=O) groups excluding carboxylic acids is 2. The summed E-state index contributed by atoms with van der Waals surface area (Å²) in [4.78, 5) is 24.2. The van der Waals surface area contributed by atoms with Gasteiger partial charge in [-0.2, -0.15) is 0 Å². The predicted molar refractivity (Wildman–Crippen MR) is 104 cm³/mol. The summed E-state index contributed by atoms with van der Waals surface area (Å²) in [5, 5.41) is 5.40. The summed E-state index contributed by atoms with van der Waals surface area (Å²) in [6.07, 6.45) is 0. The zero-order valence-electron chi connectivity index (χ0n) is 12.8. The van der Waals surface area contributed by atoms with Crippen molar-refractivity contribution in [3.8, 4) is 0 Å². The van der Waals surface area contributed by atoms with Crippen molar-refractivity contribution in [1.82, 2.24) is 0 Å². The normalized spacial score (nSPS) is 11.6. The lowest BCUT2D eigenvalue weighted by Crippen LogP contribution is -2.22. The van der Waals surface area contributed by atoms with E-state index in [-0.39, 0.29) is 17.1 Å². The van der Waals surface area contributed by atoms with E-state index < -0.39 is 0 Å². The van der Waals surface area contributed by atoms with Gasteiger partial charge in [0.25, 0.3) is 0 Å². The molecule has 0 radical (unpaired) electrons. The van der Waals surface area contributed by atoms with E-state index in [1.54, 1.807) is 0 Å². The van der Waals surface area contributed by atoms with Crippen molar-refractivity contribution in [3.05, 3.63) is 52.1 Å². The number of rotatable bonds is 5. The third-order valence-electron chi connectivity index (χ3n) is 2.97. The highest BCUT2D eigenvalue weighted by Crippen LogP contribution is 2.25. The first-order valence-electron chi connectivity index (χ1n) is 7.05. The molecule has 23 heavy (non-hydrogen) atoms. The van der Waals surface area contributed by atoms with Gasteiger partial charge in [-0.15, -0.1) is 11.8 Å². The molecule has 0 aromatic heterocycles. The maximum absolute atomic E-state index is 12.2. The van der Waals surface area contributed by atoms with Gasteiger partial charge >= 0.3 is 0 Å². The van der Waals surface area contributed by atoms with E-state index in [0.717, 1.165) is 19.8 Å². The molecule has 1 atom stereocenters. The molecule has 0 saturated heterocycles. The van der Waals surface area contributed by atoms with Crippen LogP contribution in [-0.2, 0) is 9.59 Å². The van der Waals surface area contributed by atoms with Gasteiger partial charge in [0.05, 0.1) is 5.25 Å². The number of carbonyl (C=O) groups is 2. The highest BCUT2D eigenvalue weighted by Gasteiger charge is 2.14. The number of thioether (sulfide) groups is 1. The fraction of sp³-hybridized carbons (Fsp3) is 0.176. The first kappa shape index (κ1) is 17.8. The zero-order valence-corrected chi connectivity index (χ0v) is 15.8. The third kappa shape index (κ3) is 5.87. The minimum absolute atomic E-state index is 0.0397. The fourth-order valence-corrected chi connectivity index (χ4v) is 3.08. The highest BCUT2D eigenvalue weighted by atomic mass is 127. The summed E-state index contributed by atoms with van der Waals surface area (Å²) in [6.45, 7) is 3.34. The number of nitrogens with one attached hydrogen (secondary N) is 2. The lowest BCUT2D eigenvalue weighted by atomic mass is 10.3. The molecule has 1 unspecified atom stereocenters. The van der Waals surface area contributed by atoms with Crippen LogP contribution in [0.2, 0.25) is 0 Å². The average molecular weight is 440 g/mol. The van der Waals surface area contributed by atoms with E-state index in [2.05, 4.69) is 33.2 Å². The molecule has 0 bridgehead atoms. The van der Waals surface area contributed by atoms with Gasteiger partial charge in [-0.1, -0.05) is 0 Å². The maximum atomic E-state index is 12.2. The lowest BCUT2D eigenvalue weighted by Gasteiger charge is -2.12. The van der Waals surface area contributed by atoms with Gasteiger partial charge in [-0.05, 0) is 78.0 Å². The van der Waals surface area contributed by atoms with Crippen LogP contribution in [0, 0.1) is 3.57 Å². The summed E-state index contributed by atoms with van der Waals surface area (Å²) in [5.74, 6) is -0.141. The summed E-state index contributed by atoms with van der Waals surface area (Å²) in [6, 6.07) is 15.1. The van der Waals surface area contributed by atoms with E-state index in [0.29, 0.717) is 0 Å².